The number of halogens is 1. The van der Waals surface area contributed by atoms with Crippen LogP contribution >= 0.6 is 35.3 Å². The average molecular weight is 483 g/mol. The van der Waals surface area contributed by atoms with E-state index >= 15 is 0 Å². The zero-order chi connectivity index (χ0) is 17.9. The second kappa shape index (κ2) is 13.8. The topological polar surface area (TPSA) is 65.9 Å². The van der Waals surface area contributed by atoms with Gasteiger partial charge in [0.1, 0.15) is 0 Å². The molecule has 0 radical (unpaired) electrons. The number of aliphatic imine (C=N–C) groups is 1. The largest absolute Gasteiger partial charge is 0.389 e. The molecule has 1 aromatic rings. The Hall–Kier alpha value is -0.380. The van der Waals surface area contributed by atoms with E-state index in [4.69, 9.17) is 4.74 Å². The molecule has 25 heavy (non-hydrogen) atoms. The number of ether oxygens (including phenoxy) is 1. The lowest BCUT2D eigenvalue weighted by molar-refractivity contribution is 0.0301. The molecule has 2 atom stereocenters. The second-order valence-corrected chi connectivity index (χ2v) is 7.94. The Balaban J connectivity index is 0.00000576. The summed E-state index contributed by atoms with van der Waals surface area (Å²) in [6.07, 6.45) is 0.387. The Labute approximate surface area is 173 Å². The van der Waals surface area contributed by atoms with E-state index in [1.165, 1.54) is 9.75 Å². The molecule has 0 fully saturated rings. The van der Waals surface area contributed by atoms with Gasteiger partial charge in [0.05, 0.1) is 19.3 Å². The van der Waals surface area contributed by atoms with Crippen LogP contribution in [0.15, 0.2) is 17.1 Å². The van der Waals surface area contributed by atoms with Crippen molar-refractivity contribution in [3.05, 3.63) is 21.9 Å². The lowest BCUT2D eigenvalue weighted by Crippen LogP contribution is -2.43. The van der Waals surface area contributed by atoms with Crippen molar-refractivity contribution in [1.29, 1.82) is 0 Å². The highest BCUT2D eigenvalue weighted by atomic mass is 127. The van der Waals surface area contributed by atoms with Crippen LogP contribution in [0.4, 0.5) is 0 Å². The molecule has 0 aliphatic carbocycles. The number of nitrogens with zero attached hydrogens (tertiary/aromatic N) is 1. The van der Waals surface area contributed by atoms with Gasteiger partial charge in [-0.15, -0.1) is 35.3 Å². The van der Waals surface area contributed by atoms with Crippen molar-refractivity contribution >= 4 is 41.3 Å². The highest BCUT2D eigenvalue weighted by molar-refractivity contribution is 14.0. The maximum Gasteiger partial charge on any atom is 0.191 e. The molecule has 1 heterocycles. The molecule has 0 aliphatic heterocycles. The van der Waals surface area contributed by atoms with Gasteiger partial charge in [-0.3, -0.25) is 4.99 Å². The van der Waals surface area contributed by atoms with Crippen LogP contribution in [0, 0.1) is 12.8 Å². The Morgan fingerprint density at radius 1 is 1.28 bits per heavy atom. The van der Waals surface area contributed by atoms with Crippen molar-refractivity contribution in [3.8, 4) is 0 Å². The van der Waals surface area contributed by atoms with E-state index in [2.05, 4.69) is 55.5 Å². The Kier molecular flexibility index (Phi) is 13.6. The summed E-state index contributed by atoms with van der Waals surface area (Å²) in [7, 11) is 0. The minimum absolute atomic E-state index is 0. The van der Waals surface area contributed by atoms with Crippen molar-refractivity contribution in [3.63, 3.8) is 0 Å². The number of hydrogen-bond acceptors (Lipinski definition) is 4. The Morgan fingerprint density at radius 3 is 2.56 bits per heavy atom. The molecular weight excluding hydrogens is 449 g/mol. The highest BCUT2D eigenvalue weighted by Gasteiger charge is 2.09. The fraction of sp³-hybridized carbons (Fsp3) is 0.722. The lowest BCUT2D eigenvalue weighted by Gasteiger charge is -2.18. The zero-order valence-electron chi connectivity index (χ0n) is 16.0. The first kappa shape index (κ1) is 24.6. The van der Waals surface area contributed by atoms with Crippen LogP contribution in [-0.4, -0.2) is 49.5 Å². The zero-order valence-corrected chi connectivity index (χ0v) is 19.2. The number of aliphatic hydroxyl groups excluding tert-OH is 1. The predicted molar refractivity (Wildman–Crippen MR) is 118 cm³/mol. The minimum atomic E-state index is -0.575. The van der Waals surface area contributed by atoms with Gasteiger partial charge in [0.15, 0.2) is 5.96 Å². The van der Waals surface area contributed by atoms with Gasteiger partial charge in [-0.1, -0.05) is 13.8 Å². The molecule has 1 aromatic heterocycles. The summed E-state index contributed by atoms with van der Waals surface area (Å²) in [5.41, 5.74) is 0. The Morgan fingerprint density at radius 2 is 2.00 bits per heavy atom. The van der Waals surface area contributed by atoms with Crippen molar-refractivity contribution in [2.75, 3.05) is 26.3 Å². The lowest BCUT2D eigenvalue weighted by atomic mass is 10.2. The predicted octanol–water partition coefficient (Wildman–Crippen LogP) is 3.19. The summed E-state index contributed by atoms with van der Waals surface area (Å²) < 4.78 is 5.45. The summed E-state index contributed by atoms with van der Waals surface area (Å²) in [6.45, 7) is 12.6. The smallest absolute Gasteiger partial charge is 0.191 e. The standard InChI is InChI=1S/C18H33N3O2S.HI/c1-6-19-18(20-10-16(22)12-23-11-13(2)3)21-14(4)9-17-8-7-15(5)24-17;/h7-8,13-14,16,22H,6,9-12H2,1-5H3,(H2,19,20,21);1H. The van der Waals surface area contributed by atoms with Crippen molar-refractivity contribution in [2.24, 2.45) is 10.9 Å². The third-order valence-electron chi connectivity index (χ3n) is 3.25. The molecular formula is C18H34IN3O2S. The van der Waals surface area contributed by atoms with Gasteiger partial charge < -0.3 is 20.5 Å². The van der Waals surface area contributed by atoms with Gasteiger partial charge in [0.2, 0.25) is 0 Å². The molecule has 146 valence electrons. The summed E-state index contributed by atoms with van der Waals surface area (Å²) in [5.74, 6) is 1.21. The van der Waals surface area contributed by atoms with Crippen LogP contribution in [0.1, 0.15) is 37.4 Å². The fourth-order valence-electron chi connectivity index (χ4n) is 2.19. The summed E-state index contributed by atoms with van der Waals surface area (Å²) in [5, 5.41) is 16.6. The number of rotatable bonds is 10. The van der Waals surface area contributed by atoms with E-state index < -0.39 is 6.10 Å². The van der Waals surface area contributed by atoms with Crippen LogP contribution in [-0.2, 0) is 11.2 Å². The second-order valence-electron chi connectivity index (χ2n) is 6.57. The van der Waals surface area contributed by atoms with Gasteiger partial charge in [0, 0.05) is 35.4 Å². The molecule has 0 spiro atoms. The number of hydrogen-bond donors (Lipinski definition) is 3. The number of thiophene rings is 1. The first-order valence-electron chi connectivity index (χ1n) is 8.76. The minimum Gasteiger partial charge on any atom is -0.389 e. The SMILES string of the molecule is CCNC(=NCC(O)COCC(C)C)NC(C)Cc1ccc(C)s1.I. The molecule has 0 bridgehead atoms. The molecule has 0 saturated carbocycles. The van der Waals surface area contributed by atoms with Crippen LogP contribution < -0.4 is 10.6 Å². The first-order chi connectivity index (χ1) is 11.4. The number of aliphatic hydroxyl groups is 1. The van der Waals surface area contributed by atoms with E-state index in [0.717, 1.165) is 18.9 Å². The fourth-order valence-corrected chi connectivity index (χ4v) is 3.21. The molecule has 7 heteroatoms. The number of guanidine groups is 1. The molecule has 0 saturated heterocycles. The third-order valence-corrected chi connectivity index (χ3v) is 4.28. The summed E-state index contributed by atoms with van der Waals surface area (Å²) >= 11 is 1.83. The van der Waals surface area contributed by atoms with Gasteiger partial charge in [-0.25, -0.2) is 0 Å². The molecule has 0 aliphatic rings. The van der Waals surface area contributed by atoms with Gasteiger partial charge in [0.25, 0.3) is 0 Å². The maximum absolute atomic E-state index is 9.97. The van der Waals surface area contributed by atoms with Crippen molar-refractivity contribution < 1.29 is 9.84 Å². The molecule has 0 amide bonds. The molecule has 5 nitrogen and oxygen atoms in total. The van der Waals surface area contributed by atoms with Gasteiger partial charge in [-0.2, -0.15) is 0 Å². The molecule has 0 aromatic carbocycles. The quantitative estimate of drug-likeness (QED) is 0.272. The number of aryl methyl sites for hydroxylation is 1. The summed E-state index contributed by atoms with van der Waals surface area (Å²) in [4.78, 5) is 7.17. The monoisotopic (exact) mass is 483 g/mol. The van der Waals surface area contributed by atoms with Gasteiger partial charge >= 0.3 is 0 Å². The molecule has 2 unspecified atom stereocenters. The van der Waals surface area contributed by atoms with E-state index in [1.807, 2.05) is 18.3 Å². The van der Waals surface area contributed by atoms with E-state index in [9.17, 15) is 5.11 Å². The highest BCUT2D eigenvalue weighted by Crippen LogP contribution is 2.16. The van der Waals surface area contributed by atoms with Crippen LogP contribution in [0.3, 0.4) is 0 Å². The molecule has 3 N–H and O–H groups in total. The average Bonchev–Trinajstić information content (AvgIpc) is 2.89. The van der Waals surface area contributed by atoms with Crippen molar-refractivity contribution in [2.45, 2.75) is 53.2 Å². The van der Waals surface area contributed by atoms with E-state index in [1.54, 1.807) is 0 Å². The van der Waals surface area contributed by atoms with Gasteiger partial charge in [-0.05, 0) is 38.8 Å². The van der Waals surface area contributed by atoms with E-state index in [-0.39, 0.29) is 30.0 Å². The van der Waals surface area contributed by atoms with Crippen LogP contribution in [0.5, 0.6) is 0 Å². The van der Waals surface area contributed by atoms with E-state index in [0.29, 0.717) is 25.7 Å². The first-order valence-corrected chi connectivity index (χ1v) is 9.58. The molecule has 1 rings (SSSR count). The van der Waals surface area contributed by atoms with Crippen LogP contribution in [0.25, 0.3) is 0 Å². The van der Waals surface area contributed by atoms with Crippen molar-refractivity contribution in [1.82, 2.24) is 10.6 Å². The Bertz CT molecular complexity index is 494. The third kappa shape index (κ3) is 11.8. The maximum atomic E-state index is 9.97. The summed E-state index contributed by atoms with van der Waals surface area (Å²) in [6, 6.07) is 4.60. The normalized spacial score (nSPS) is 14.1. The van der Waals surface area contributed by atoms with Crippen LogP contribution in [0.2, 0.25) is 0 Å². The number of nitrogens with one attached hydrogen (secondary N) is 2.